The van der Waals surface area contributed by atoms with Gasteiger partial charge in [-0.15, -0.1) is 0 Å². The number of H-pyrrole nitrogens is 1. The largest absolute Gasteiger partial charge is 0.361 e. The van der Waals surface area contributed by atoms with E-state index in [1.54, 1.807) is 18.4 Å². The number of anilines is 1. The fourth-order valence-corrected chi connectivity index (χ4v) is 4.24. The topological polar surface area (TPSA) is 137 Å². The molecule has 0 aliphatic heterocycles. The number of aromatic amines is 1. The monoisotopic (exact) mass is 415 g/mol. The summed E-state index contributed by atoms with van der Waals surface area (Å²) in [6.07, 6.45) is 3.08. The number of carbonyl (C=O) groups excluding carboxylic acids is 1. The Balaban J connectivity index is 1.87. The van der Waals surface area contributed by atoms with E-state index in [0.29, 0.717) is 44.5 Å². The molecule has 156 valence electrons. The molecule has 0 aromatic carbocycles. The van der Waals surface area contributed by atoms with E-state index in [0.717, 1.165) is 0 Å². The third-order valence-corrected chi connectivity index (χ3v) is 5.79. The Bertz CT molecular complexity index is 885. The number of nitrogens with zero attached hydrogens (tertiary/aromatic N) is 3. The maximum atomic E-state index is 12.4. The van der Waals surface area contributed by atoms with Gasteiger partial charge in [0.2, 0.25) is 11.9 Å². The van der Waals surface area contributed by atoms with E-state index in [1.807, 2.05) is 0 Å². The molecule has 11 nitrogen and oxygen atoms in total. The summed E-state index contributed by atoms with van der Waals surface area (Å²) in [5, 5.41) is 2.44. The number of ether oxygens (including phenoxy) is 1. The van der Waals surface area contributed by atoms with Gasteiger partial charge in [-0.05, 0) is 26.7 Å². The van der Waals surface area contributed by atoms with Gasteiger partial charge in [0.05, 0.1) is 25.7 Å². The number of hydrogen-bond donors (Lipinski definition) is 2. The van der Waals surface area contributed by atoms with Crippen LogP contribution >= 0.6 is 7.60 Å². The lowest BCUT2D eigenvalue weighted by Gasteiger charge is -2.16. The average Bonchev–Trinajstić information content (AvgIpc) is 3.01. The Morgan fingerprint density at radius 2 is 2.00 bits per heavy atom. The minimum atomic E-state index is -3.02. The zero-order chi connectivity index (χ0) is 20.6. The first-order valence-electron chi connectivity index (χ1n) is 9.07. The minimum absolute atomic E-state index is 0.0503. The summed E-state index contributed by atoms with van der Waals surface area (Å²) >= 11 is 0. The summed E-state index contributed by atoms with van der Waals surface area (Å²) < 4.78 is 30.0. The first-order chi connectivity index (χ1) is 13.4. The van der Waals surface area contributed by atoms with Crippen LogP contribution in [0.1, 0.15) is 33.6 Å². The van der Waals surface area contributed by atoms with E-state index in [-0.39, 0.29) is 24.1 Å². The van der Waals surface area contributed by atoms with Crippen LogP contribution in [0.5, 0.6) is 0 Å². The first kappa shape index (κ1) is 22.2. The summed E-state index contributed by atoms with van der Waals surface area (Å²) in [6, 6.07) is 0. The van der Waals surface area contributed by atoms with Crippen LogP contribution in [0.15, 0.2) is 11.1 Å². The van der Waals surface area contributed by atoms with E-state index in [2.05, 4.69) is 20.3 Å². The molecule has 0 aliphatic carbocycles. The maximum absolute atomic E-state index is 12.4. The summed E-state index contributed by atoms with van der Waals surface area (Å²) in [6.45, 7) is 6.12. The second kappa shape index (κ2) is 10.5. The molecular formula is C16H26N5O6P. The molecule has 0 saturated heterocycles. The molecule has 2 N–H and O–H groups in total. The predicted molar refractivity (Wildman–Crippen MR) is 103 cm³/mol. The second-order valence-electron chi connectivity index (χ2n) is 5.90. The maximum Gasteiger partial charge on any atom is 0.330 e. The molecule has 28 heavy (non-hydrogen) atoms. The van der Waals surface area contributed by atoms with Crippen molar-refractivity contribution < 1.29 is 23.1 Å². The fourth-order valence-electron chi connectivity index (χ4n) is 2.51. The Labute approximate surface area is 162 Å². The average molecular weight is 415 g/mol. The molecule has 0 unspecified atom stereocenters. The van der Waals surface area contributed by atoms with E-state index in [1.165, 1.54) is 13.3 Å². The standard InChI is InChI=1S/C16H26N5O6P/c1-4-26-28(24,27-5-2)9-7-6-8-25-11-21-10-17-13-14(21)19-16(18-12(3)22)20-15(13)23/h10H,4-9,11H2,1-3H3,(H2,18,19,20,22,23). The molecule has 0 atom stereocenters. The number of amides is 1. The number of fused-ring (bicyclic) bond motifs is 1. The van der Waals surface area contributed by atoms with Crippen LogP contribution in [0.25, 0.3) is 11.2 Å². The minimum Gasteiger partial charge on any atom is -0.361 e. The van der Waals surface area contributed by atoms with Gasteiger partial charge in [0.1, 0.15) is 6.73 Å². The van der Waals surface area contributed by atoms with Crippen LogP contribution in [-0.2, 0) is 29.9 Å². The smallest absolute Gasteiger partial charge is 0.330 e. The molecule has 1 amide bonds. The van der Waals surface area contributed by atoms with Gasteiger partial charge in [-0.25, -0.2) is 4.98 Å². The molecule has 0 spiro atoms. The first-order valence-corrected chi connectivity index (χ1v) is 10.8. The Morgan fingerprint density at radius 1 is 1.29 bits per heavy atom. The summed E-state index contributed by atoms with van der Waals surface area (Å²) in [5.74, 6) is -0.296. The zero-order valence-electron chi connectivity index (χ0n) is 16.3. The van der Waals surface area contributed by atoms with Gasteiger partial charge in [0.15, 0.2) is 11.2 Å². The van der Waals surface area contributed by atoms with Gasteiger partial charge in [0, 0.05) is 13.5 Å². The number of hydrogen-bond acceptors (Lipinski definition) is 8. The third-order valence-electron chi connectivity index (χ3n) is 3.62. The fraction of sp³-hybridized carbons (Fsp3) is 0.625. The molecule has 2 aromatic heterocycles. The lowest BCUT2D eigenvalue weighted by Crippen LogP contribution is -2.17. The van der Waals surface area contributed by atoms with Crippen LogP contribution in [0.2, 0.25) is 0 Å². The van der Waals surface area contributed by atoms with Crippen LogP contribution < -0.4 is 10.9 Å². The molecule has 2 heterocycles. The van der Waals surface area contributed by atoms with Gasteiger partial charge in [0.25, 0.3) is 5.56 Å². The lowest BCUT2D eigenvalue weighted by atomic mass is 10.4. The number of carbonyl (C=O) groups is 1. The third kappa shape index (κ3) is 6.23. The highest BCUT2D eigenvalue weighted by Gasteiger charge is 2.22. The van der Waals surface area contributed by atoms with Gasteiger partial charge in [-0.1, -0.05) is 0 Å². The number of imidazole rings is 1. The molecule has 0 bridgehead atoms. The van der Waals surface area contributed by atoms with Crippen molar-refractivity contribution in [2.24, 2.45) is 0 Å². The Morgan fingerprint density at radius 3 is 2.64 bits per heavy atom. The van der Waals surface area contributed by atoms with E-state index in [4.69, 9.17) is 13.8 Å². The highest BCUT2D eigenvalue weighted by molar-refractivity contribution is 7.53. The summed E-state index contributed by atoms with van der Waals surface area (Å²) in [4.78, 5) is 33.8. The molecular weight excluding hydrogens is 389 g/mol. The molecule has 0 fully saturated rings. The SMILES string of the molecule is CCOP(=O)(CCCCOCn1cnc2c(=O)[nH]c(NC(C)=O)nc21)OCC. The molecule has 12 heteroatoms. The Kier molecular flexibility index (Phi) is 8.31. The van der Waals surface area contributed by atoms with Gasteiger partial charge in [-0.3, -0.25) is 29.0 Å². The van der Waals surface area contributed by atoms with Crippen LogP contribution in [-0.4, -0.2) is 51.4 Å². The predicted octanol–water partition coefficient (Wildman–Crippen LogP) is 2.10. The summed E-state index contributed by atoms with van der Waals surface area (Å²) in [5.41, 5.74) is 0.0202. The van der Waals surface area contributed by atoms with Crippen LogP contribution in [0.3, 0.4) is 0 Å². The van der Waals surface area contributed by atoms with E-state index >= 15 is 0 Å². The van der Waals surface area contributed by atoms with E-state index in [9.17, 15) is 14.2 Å². The van der Waals surface area contributed by atoms with Crippen LogP contribution in [0.4, 0.5) is 5.95 Å². The molecule has 2 aromatic rings. The van der Waals surface area contributed by atoms with Crippen molar-refractivity contribution in [3.63, 3.8) is 0 Å². The highest BCUT2D eigenvalue weighted by Crippen LogP contribution is 2.48. The molecule has 0 aliphatic rings. The molecule has 2 rings (SSSR count). The van der Waals surface area contributed by atoms with Crippen LogP contribution in [0, 0.1) is 0 Å². The number of aromatic nitrogens is 4. The van der Waals surface area contributed by atoms with Crippen molar-refractivity contribution in [2.75, 3.05) is 31.3 Å². The number of unbranched alkanes of at least 4 members (excludes halogenated alkanes) is 1. The van der Waals surface area contributed by atoms with Gasteiger partial charge < -0.3 is 13.8 Å². The Hall–Kier alpha value is -2.07. The van der Waals surface area contributed by atoms with Crippen molar-refractivity contribution in [1.82, 2.24) is 19.5 Å². The normalized spacial score (nSPS) is 11.8. The second-order valence-corrected chi connectivity index (χ2v) is 8.08. The quantitative estimate of drug-likeness (QED) is 0.397. The molecule has 0 radical (unpaired) electrons. The number of nitrogens with one attached hydrogen (secondary N) is 2. The highest BCUT2D eigenvalue weighted by atomic mass is 31.2. The van der Waals surface area contributed by atoms with Crippen molar-refractivity contribution in [3.05, 3.63) is 16.7 Å². The molecule has 0 saturated carbocycles. The van der Waals surface area contributed by atoms with Crippen molar-refractivity contribution in [3.8, 4) is 0 Å². The number of rotatable bonds is 12. The lowest BCUT2D eigenvalue weighted by molar-refractivity contribution is -0.114. The van der Waals surface area contributed by atoms with Crippen molar-refractivity contribution in [1.29, 1.82) is 0 Å². The van der Waals surface area contributed by atoms with Gasteiger partial charge >= 0.3 is 7.60 Å². The van der Waals surface area contributed by atoms with Crippen molar-refractivity contribution >= 4 is 30.6 Å². The van der Waals surface area contributed by atoms with Crippen molar-refractivity contribution in [2.45, 2.75) is 40.3 Å². The van der Waals surface area contributed by atoms with Gasteiger partial charge in [-0.2, -0.15) is 4.98 Å². The van der Waals surface area contributed by atoms with E-state index < -0.39 is 13.2 Å². The summed E-state index contributed by atoms with van der Waals surface area (Å²) in [7, 11) is -3.02. The zero-order valence-corrected chi connectivity index (χ0v) is 17.2.